The number of halogens is 1. The highest BCUT2D eigenvalue weighted by atomic mass is 35.5. The van der Waals surface area contributed by atoms with E-state index in [-0.39, 0.29) is 5.91 Å². The molecule has 21 heavy (non-hydrogen) atoms. The lowest BCUT2D eigenvalue weighted by Crippen LogP contribution is -2.36. The quantitative estimate of drug-likeness (QED) is 0.854. The molecule has 1 amide bonds. The lowest BCUT2D eigenvalue weighted by atomic mass is 10.1. The van der Waals surface area contributed by atoms with E-state index in [1.165, 1.54) is 10.4 Å². The van der Waals surface area contributed by atoms with Gasteiger partial charge in [-0.15, -0.1) is 11.3 Å². The molecule has 3 rings (SSSR count). The molecule has 1 aromatic carbocycles. The highest BCUT2D eigenvalue weighted by molar-refractivity contribution is 7.10. The standard InChI is InChI=1S/C15H16ClN3OS/c16-11-1-2-12(17)13(7-11)18-15(20)9-19-5-3-14-10(8-19)4-6-21-14/h1-2,4,6-7H,3,5,8-9,17H2,(H,18,20). The third-order valence-corrected chi connectivity index (χ3v) is 4.80. The van der Waals surface area contributed by atoms with E-state index in [0.29, 0.717) is 22.9 Å². The second-order valence-corrected chi connectivity index (χ2v) is 6.55. The van der Waals surface area contributed by atoms with Crippen LogP contribution in [-0.2, 0) is 17.8 Å². The van der Waals surface area contributed by atoms with Crippen LogP contribution in [0.5, 0.6) is 0 Å². The number of nitrogens with one attached hydrogen (secondary N) is 1. The smallest absolute Gasteiger partial charge is 0.238 e. The van der Waals surface area contributed by atoms with Crippen LogP contribution in [-0.4, -0.2) is 23.9 Å². The number of nitrogens with zero attached hydrogens (tertiary/aromatic N) is 1. The van der Waals surface area contributed by atoms with Gasteiger partial charge in [0.1, 0.15) is 0 Å². The van der Waals surface area contributed by atoms with Crippen LogP contribution in [0.15, 0.2) is 29.6 Å². The Morgan fingerprint density at radius 1 is 1.43 bits per heavy atom. The summed E-state index contributed by atoms with van der Waals surface area (Å²) in [7, 11) is 0. The predicted octanol–water partition coefficient (Wildman–Crippen LogP) is 2.98. The summed E-state index contributed by atoms with van der Waals surface area (Å²) in [5.74, 6) is -0.0670. The fourth-order valence-electron chi connectivity index (χ4n) is 2.47. The molecule has 0 spiro atoms. The summed E-state index contributed by atoms with van der Waals surface area (Å²) in [5, 5.41) is 5.50. The third kappa shape index (κ3) is 3.37. The molecular weight excluding hydrogens is 306 g/mol. The van der Waals surface area contributed by atoms with Crippen molar-refractivity contribution in [3.05, 3.63) is 45.1 Å². The van der Waals surface area contributed by atoms with Crippen molar-refractivity contribution >= 4 is 40.2 Å². The molecule has 1 aliphatic rings. The molecule has 0 fully saturated rings. The highest BCUT2D eigenvalue weighted by Crippen LogP contribution is 2.25. The average Bonchev–Trinajstić information content (AvgIpc) is 2.90. The zero-order chi connectivity index (χ0) is 14.8. The van der Waals surface area contributed by atoms with Crippen LogP contribution in [0.1, 0.15) is 10.4 Å². The molecule has 0 aliphatic carbocycles. The average molecular weight is 322 g/mol. The number of nitrogens with two attached hydrogens (primary N) is 1. The van der Waals surface area contributed by atoms with E-state index in [1.807, 2.05) is 0 Å². The Morgan fingerprint density at radius 2 is 2.29 bits per heavy atom. The minimum atomic E-state index is -0.0670. The first-order chi connectivity index (χ1) is 10.1. The molecule has 2 heterocycles. The summed E-state index contributed by atoms with van der Waals surface area (Å²) in [6.07, 6.45) is 1.01. The second-order valence-electron chi connectivity index (χ2n) is 5.11. The summed E-state index contributed by atoms with van der Waals surface area (Å²) < 4.78 is 0. The Bertz CT molecular complexity index is 671. The van der Waals surface area contributed by atoms with E-state index in [2.05, 4.69) is 21.7 Å². The maximum absolute atomic E-state index is 12.1. The number of benzene rings is 1. The van der Waals surface area contributed by atoms with Gasteiger partial charge in [-0.1, -0.05) is 11.6 Å². The lowest BCUT2D eigenvalue weighted by molar-refractivity contribution is -0.117. The number of carbonyl (C=O) groups excluding carboxylic acids is 1. The lowest BCUT2D eigenvalue weighted by Gasteiger charge is -2.26. The molecule has 0 saturated heterocycles. The molecule has 0 saturated carbocycles. The number of rotatable bonds is 3. The van der Waals surface area contributed by atoms with Crippen LogP contribution in [0, 0.1) is 0 Å². The molecule has 0 atom stereocenters. The zero-order valence-corrected chi connectivity index (χ0v) is 13.0. The van der Waals surface area contributed by atoms with E-state index < -0.39 is 0 Å². The van der Waals surface area contributed by atoms with Gasteiger partial charge in [0.25, 0.3) is 0 Å². The zero-order valence-electron chi connectivity index (χ0n) is 11.4. The van der Waals surface area contributed by atoms with Gasteiger partial charge < -0.3 is 11.1 Å². The summed E-state index contributed by atoms with van der Waals surface area (Å²) >= 11 is 7.71. The van der Waals surface area contributed by atoms with Crippen LogP contribution in [0.2, 0.25) is 5.02 Å². The van der Waals surface area contributed by atoms with E-state index >= 15 is 0 Å². The van der Waals surface area contributed by atoms with Crippen LogP contribution >= 0.6 is 22.9 Å². The van der Waals surface area contributed by atoms with Crippen LogP contribution in [0.25, 0.3) is 0 Å². The van der Waals surface area contributed by atoms with Gasteiger partial charge in [-0.2, -0.15) is 0 Å². The van der Waals surface area contributed by atoms with Gasteiger partial charge >= 0.3 is 0 Å². The number of thiophene rings is 1. The Morgan fingerprint density at radius 3 is 3.14 bits per heavy atom. The Kier molecular flexibility index (Phi) is 4.14. The second kappa shape index (κ2) is 6.05. The van der Waals surface area contributed by atoms with Gasteiger partial charge in [-0.25, -0.2) is 0 Å². The molecule has 2 aromatic rings. The van der Waals surface area contributed by atoms with Crippen molar-refractivity contribution in [2.75, 3.05) is 24.1 Å². The molecule has 1 aromatic heterocycles. The number of hydrogen-bond donors (Lipinski definition) is 2. The molecule has 3 N–H and O–H groups in total. The monoisotopic (exact) mass is 321 g/mol. The van der Waals surface area contributed by atoms with E-state index in [4.69, 9.17) is 17.3 Å². The summed E-state index contributed by atoms with van der Waals surface area (Å²) in [5.41, 5.74) is 8.26. The van der Waals surface area contributed by atoms with Crippen LogP contribution in [0.3, 0.4) is 0 Å². The minimum Gasteiger partial charge on any atom is -0.397 e. The Labute approximate surface area is 132 Å². The van der Waals surface area contributed by atoms with Gasteiger partial charge in [0, 0.05) is 23.0 Å². The Hall–Kier alpha value is -1.56. The van der Waals surface area contributed by atoms with Crippen molar-refractivity contribution in [3.63, 3.8) is 0 Å². The van der Waals surface area contributed by atoms with Gasteiger partial charge in [0.15, 0.2) is 0 Å². The highest BCUT2D eigenvalue weighted by Gasteiger charge is 2.19. The molecule has 4 nitrogen and oxygen atoms in total. The third-order valence-electron chi connectivity index (χ3n) is 3.54. The number of fused-ring (bicyclic) bond motifs is 1. The van der Waals surface area contributed by atoms with E-state index in [1.54, 1.807) is 29.5 Å². The fraction of sp³-hybridized carbons (Fsp3) is 0.267. The van der Waals surface area contributed by atoms with Crippen molar-refractivity contribution in [2.24, 2.45) is 0 Å². The fourth-order valence-corrected chi connectivity index (χ4v) is 3.53. The maximum Gasteiger partial charge on any atom is 0.238 e. The maximum atomic E-state index is 12.1. The number of nitrogen functional groups attached to an aromatic ring is 1. The molecule has 6 heteroatoms. The number of carbonyl (C=O) groups is 1. The van der Waals surface area contributed by atoms with Crippen molar-refractivity contribution in [2.45, 2.75) is 13.0 Å². The van der Waals surface area contributed by atoms with Crippen LogP contribution in [0.4, 0.5) is 11.4 Å². The van der Waals surface area contributed by atoms with Crippen LogP contribution < -0.4 is 11.1 Å². The van der Waals surface area contributed by atoms with Gasteiger partial charge in [0.2, 0.25) is 5.91 Å². The molecule has 0 unspecified atom stereocenters. The predicted molar refractivity (Wildman–Crippen MR) is 87.8 cm³/mol. The normalized spacial score (nSPS) is 14.7. The summed E-state index contributed by atoms with van der Waals surface area (Å²) in [4.78, 5) is 15.7. The van der Waals surface area contributed by atoms with Crippen molar-refractivity contribution in [1.82, 2.24) is 4.90 Å². The van der Waals surface area contributed by atoms with E-state index in [9.17, 15) is 4.79 Å². The molecule has 110 valence electrons. The van der Waals surface area contributed by atoms with Gasteiger partial charge in [-0.05, 0) is 41.6 Å². The van der Waals surface area contributed by atoms with Crippen molar-refractivity contribution in [1.29, 1.82) is 0 Å². The summed E-state index contributed by atoms with van der Waals surface area (Å²) in [6, 6.07) is 7.20. The number of anilines is 2. The topological polar surface area (TPSA) is 58.4 Å². The van der Waals surface area contributed by atoms with Crippen molar-refractivity contribution < 1.29 is 4.79 Å². The molecule has 0 radical (unpaired) electrons. The summed E-state index contributed by atoms with van der Waals surface area (Å²) in [6.45, 7) is 2.10. The van der Waals surface area contributed by atoms with Gasteiger partial charge in [-0.3, -0.25) is 9.69 Å². The first-order valence-electron chi connectivity index (χ1n) is 6.74. The molecule has 1 aliphatic heterocycles. The first kappa shape index (κ1) is 14.4. The number of hydrogen-bond acceptors (Lipinski definition) is 4. The first-order valence-corrected chi connectivity index (χ1v) is 8.00. The van der Waals surface area contributed by atoms with E-state index in [0.717, 1.165) is 19.5 Å². The molecule has 0 bridgehead atoms. The number of amides is 1. The van der Waals surface area contributed by atoms with Crippen molar-refractivity contribution in [3.8, 4) is 0 Å². The Balaban J connectivity index is 1.61. The minimum absolute atomic E-state index is 0.0670. The largest absolute Gasteiger partial charge is 0.397 e. The SMILES string of the molecule is Nc1ccc(Cl)cc1NC(=O)CN1CCc2sccc2C1. The molecular formula is C15H16ClN3OS. The van der Waals surface area contributed by atoms with Gasteiger partial charge in [0.05, 0.1) is 17.9 Å².